The Morgan fingerprint density at radius 3 is 2.67 bits per heavy atom. The number of amides is 1. The molecule has 3 rings (SSSR count). The van der Waals surface area contributed by atoms with Crippen LogP contribution in [0.25, 0.3) is 0 Å². The number of thiophene rings is 1. The number of rotatable bonds is 1. The lowest BCUT2D eigenvalue weighted by molar-refractivity contribution is -0.135. The second kappa shape index (κ2) is 4.69. The summed E-state index contributed by atoms with van der Waals surface area (Å²) in [7, 11) is 0. The summed E-state index contributed by atoms with van der Waals surface area (Å²) in [6, 6.07) is -0.624. The Balaban J connectivity index is 1.89. The fourth-order valence-corrected chi connectivity index (χ4v) is 3.82. The highest BCUT2D eigenvalue weighted by atomic mass is 32.1. The quantitative estimate of drug-likeness (QED) is 0.745. The summed E-state index contributed by atoms with van der Waals surface area (Å²) in [6.45, 7) is 3.62. The summed E-state index contributed by atoms with van der Waals surface area (Å²) in [6.07, 6.45) is -3.19. The molecule has 0 spiro atoms. The Labute approximate surface area is 123 Å². The summed E-state index contributed by atoms with van der Waals surface area (Å²) in [5.74, 6) is -0.607. The van der Waals surface area contributed by atoms with E-state index in [4.69, 9.17) is 0 Å². The molecule has 0 radical (unpaired) electrons. The predicted octanol–water partition coefficient (Wildman–Crippen LogP) is 3.40. The maximum atomic E-state index is 12.9. The van der Waals surface area contributed by atoms with Gasteiger partial charge in [0.2, 0.25) is 0 Å². The molecule has 1 aliphatic carbocycles. The molecular weight excluding hydrogens is 303 g/mol. The molecule has 112 valence electrons. The molecule has 2 aliphatic rings. The van der Waals surface area contributed by atoms with Crippen LogP contribution in [0.5, 0.6) is 0 Å². The number of ketones is 1. The molecule has 2 heterocycles. The van der Waals surface area contributed by atoms with Crippen molar-refractivity contribution in [2.75, 3.05) is 0 Å². The van der Waals surface area contributed by atoms with Crippen LogP contribution in [-0.2, 0) is 17.5 Å². The van der Waals surface area contributed by atoms with E-state index >= 15 is 0 Å². The van der Waals surface area contributed by atoms with E-state index in [0.717, 1.165) is 5.57 Å². The van der Waals surface area contributed by atoms with Gasteiger partial charge in [0.15, 0.2) is 5.78 Å². The van der Waals surface area contributed by atoms with Crippen LogP contribution < -0.4 is 0 Å². The third-order valence-electron chi connectivity index (χ3n) is 3.91. The molecule has 1 saturated carbocycles. The van der Waals surface area contributed by atoms with Gasteiger partial charge in [-0.05, 0) is 12.8 Å². The van der Waals surface area contributed by atoms with Gasteiger partial charge < -0.3 is 4.90 Å². The van der Waals surface area contributed by atoms with E-state index < -0.39 is 23.0 Å². The van der Waals surface area contributed by atoms with Crippen molar-refractivity contribution in [1.29, 1.82) is 0 Å². The first kappa shape index (κ1) is 14.3. The fourth-order valence-electron chi connectivity index (χ4n) is 2.89. The number of Topliss-reactive ketones (excluding diaryl/α,β-unsaturated/α-hetero) is 1. The molecule has 0 bridgehead atoms. The highest BCUT2D eigenvalue weighted by Crippen LogP contribution is 2.42. The Hall–Kier alpha value is -1.63. The first-order valence-corrected chi connectivity index (χ1v) is 7.35. The number of carbonyl (C=O) groups excluding carboxylic acids is 2. The topological polar surface area (TPSA) is 37.4 Å². The minimum atomic E-state index is -4.46. The van der Waals surface area contributed by atoms with Gasteiger partial charge >= 0.3 is 6.18 Å². The first-order valence-electron chi connectivity index (χ1n) is 6.47. The highest BCUT2D eigenvalue weighted by Gasteiger charge is 2.44. The number of nitrogens with zero attached hydrogens (tertiary/aromatic N) is 1. The lowest BCUT2D eigenvalue weighted by Gasteiger charge is -2.30. The standard InChI is InChI=1S/C14H12F3NO2S/c1-7-2-3-10(11(19)4-7)18-5-8-9(13(18)20)6-21-12(8)14(15,16)17/h6,10H,1-5H2. The summed E-state index contributed by atoms with van der Waals surface area (Å²) in [5.41, 5.74) is 0.910. The maximum Gasteiger partial charge on any atom is 0.425 e. The Kier molecular flexibility index (Phi) is 3.20. The van der Waals surface area contributed by atoms with E-state index in [-0.39, 0.29) is 29.9 Å². The Morgan fingerprint density at radius 1 is 1.33 bits per heavy atom. The average molecular weight is 315 g/mol. The number of halogens is 3. The van der Waals surface area contributed by atoms with Gasteiger partial charge in [0.1, 0.15) is 4.88 Å². The van der Waals surface area contributed by atoms with Crippen molar-refractivity contribution in [3.8, 4) is 0 Å². The van der Waals surface area contributed by atoms with E-state index in [0.29, 0.717) is 24.2 Å². The summed E-state index contributed by atoms with van der Waals surface area (Å²) >= 11 is 0.541. The van der Waals surface area contributed by atoms with E-state index in [1.807, 2.05) is 0 Å². The fraction of sp³-hybridized carbons (Fsp3) is 0.429. The van der Waals surface area contributed by atoms with Gasteiger partial charge in [-0.1, -0.05) is 12.2 Å². The SMILES string of the molecule is C=C1CCC(N2Cc3c(csc3C(F)(F)F)C2=O)C(=O)C1. The molecule has 0 N–H and O–H groups in total. The number of hydrogen-bond acceptors (Lipinski definition) is 3. The van der Waals surface area contributed by atoms with Crippen molar-refractivity contribution in [2.24, 2.45) is 0 Å². The zero-order chi connectivity index (χ0) is 15.4. The Morgan fingerprint density at radius 2 is 2.05 bits per heavy atom. The highest BCUT2D eigenvalue weighted by molar-refractivity contribution is 7.10. The molecule has 3 nitrogen and oxygen atoms in total. The van der Waals surface area contributed by atoms with Gasteiger partial charge in [0.25, 0.3) is 5.91 Å². The van der Waals surface area contributed by atoms with Crippen LogP contribution in [0.15, 0.2) is 17.5 Å². The third-order valence-corrected chi connectivity index (χ3v) is 4.98. The summed E-state index contributed by atoms with van der Waals surface area (Å²) < 4.78 is 38.7. The lowest BCUT2D eigenvalue weighted by Crippen LogP contribution is -2.43. The maximum absolute atomic E-state index is 12.9. The molecule has 7 heteroatoms. The molecule has 0 saturated heterocycles. The van der Waals surface area contributed by atoms with Crippen molar-refractivity contribution in [3.05, 3.63) is 33.5 Å². The van der Waals surface area contributed by atoms with Crippen molar-refractivity contribution in [2.45, 2.75) is 38.0 Å². The molecule has 1 fully saturated rings. The first-order chi connectivity index (χ1) is 9.79. The van der Waals surface area contributed by atoms with Gasteiger partial charge in [0.05, 0.1) is 11.6 Å². The van der Waals surface area contributed by atoms with E-state index in [9.17, 15) is 22.8 Å². The summed E-state index contributed by atoms with van der Waals surface area (Å²) in [4.78, 5) is 24.8. The molecule has 1 amide bonds. The number of fused-ring (bicyclic) bond motifs is 1. The van der Waals surface area contributed by atoms with E-state index in [2.05, 4.69) is 6.58 Å². The molecule has 1 unspecified atom stereocenters. The van der Waals surface area contributed by atoms with Crippen LogP contribution in [0.2, 0.25) is 0 Å². The monoisotopic (exact) mass is 315 g/mol. The van der Waals surface area contributed by atoms with E-state index in [1.165, 1.54) is 10.3 Å². The zero-order valence-corrected chi connectivity index (χ0v) is 11.8. The largest absolute Gasteiger partial charge is 0.425 e. The average Bonchev–Trinajstić information content (AvgIpc) is 2.90. The van der Waals surface area contributed by atoms with Crippen LogP contribution in [0.1, 0.15) is 40.1 Å². The molecule has 1 aromatic rings. The second-order valence-corrected chi connectivity index (χ2v) is 6.22. The van der Waals surface area contributed by atoms with Crippen LogP contribution in [0.4, 0.5) is 13.2 Å². The molecule has 0 aromatic carbocycles. The van der Waals surface area contributed by atoms with Crippen LogP contribution >= 0.6 is 11.3 Å². The molecule has 1 aromatic heterocycles. The molecule has 1 atom stereocenters. The van der Waals surface area contributed by atoms with Gasteiger partial charge in [-0.25, -0.2) is 0 Å². The van der Waals surface area contributed by atoms with E-state index in [1.54, 1.807) is 0 Å². The number of hydrogen-bond donors (Lipinski definition) is 0. The van der Waals surface area contributed by atoms with Crippen molar-refractivity contribution in [3.63, 3.8) is 0 Å². The van der Waals surface area contributed by atoms with Crippen LogP contribution in [0, 0.1) is 0 Å². The minimum absolute atomic E-state index is 0.00898. The number of alkyl halides is 3. The number of carbonyl (C=O) groups is 2. The lowest BCUT2D eigenvalue weighted by atomic mass is 9.89. The van der Waals surface area contributed by atoms with Gasteiger partial charge in [-0.3, -0.25) is 9.59 Å². The normalized spacial score (nSPS) is 22.9. The second-order valence-electron chi connectivity index (χ2n) is 5.34. The van der Waals surface area contributed by atoms with Crippen LogP contribution in [-0.4, -0.2) is 22.6 Å². The Bertz CT molecular complexity index is 647. The molecule has 1 aliphatic heterocycles. The predicted molar refractivity (Wildman–Crippen MR) is 71.0 cm³/mol. The van der Waals surface area contributed by atoms with Gasteiger partial charge in [-0.15, -0.1) is 11.3 Å². The summed E-state index contributed by atoms with van der Waals surface area (Å²) in [5, 5.41) is 1.24. The zero-order valence-electron chi connectivity index (χ0n) is 11.0. The van der Waals surface area contributed by atoms with Crippen LogP contribution in [0.3, 0.4) is 0 Å². The van der Waals surface area contributed by atoms with Crippen molar-refractivity contribution in [1.82, 2.24) is 4.90 Å². The van der Waals surface area contributed by atoms with Gasteiger partial charge in [0, 0.05) is 23.9 Å². The number of allylic oxidation sites excluding steroid dienone is 1. The minimum Gasteiger partial charge on any atom is -0.324 e. The molecule has 21 heavy (non-hydrogen) atoms. The van der Waals surface area contributed by atoms with Gasteiger partial charge in [-0.2, -0.15) is 13.2 Å². The molecular formula is C14H12F3NO2S. The smallest absolute Gasteiger partial charge is 0.324 e. The third kappa shape index (κ3) is 2.29. The van der Waals surface area contributed by atoms with Crippen molar-refractivity contribution < 1.29 is 22.8 Å². The van der Waals surface area contributed by atoms with Crippen molar-refractivity contribution >= 4 is 23.0 Å².